The highest BCUT2D eigenvalue weighted by atomic mass is 35.5. The van der Waals surface area contributed by atoms with E-state index in [2.05, 4.69) is 35.6 Å². The van der Waals surface area contributed by atoms with Crippen molar-refractivity contribution in [3.05, 3.63) is 35.9 Å². The molecule has 2 saturated carbocycles. The van der Waals surface area contributed by atoms with E-state index in [0.29, 0.717) is 12.3 Å². The van der Waals surface area contributed by atoms with Gasteiger partial charge in [0.2, 0.25) is 5.91 Å². The Morgan fingerprint density at radius 3 is 2.43 bits per heavy atom. The molecular formula is C19H29ClN2O. The number of carbonyl (C=O) groups excluding carboxylic acids is 1. The van der Waals surface area contributed by atoms with Crippen molar-refractivity contribution < 1.29 is 4.79 Å². The minimum atomic E-state index is 0. The highest BCUT2D eigenvalue weighted by Gasteiger charge is 2.36. The Labute approximate surface area is 145 Å². The van der Waals surface area contributed by atoms with Crippen LogP contribution in [0.2, 0.25) is 0 Å². The molecule has 23 heavy (non-hydrogen) atoms. The molecule has 0 bridgehead atoms. The van der Waals surface area contributed by atoms with Crippen molar-refractivity contribution in [2.75, 3.05) is 6.54 Å². The number of rotatable bonds is 5. The van der Waals surface area contributed by atoms with Gasteiger partial charge in [0.1, 0.15) is 0 Å². The van der Waals surface area contributed by atoms with Gasteiger partial charge in [0.05, 0.1) is 0 Å². The van der Waals surface area contributed by atoms with Crippen molar-refractivity contribution in [2.24, 2.45) is 11.7 Å². The van der Waals surface area contributed by atoms with Crippen LogP contribution in [-0.4, -0.2) is 18.5 Å². The summed E-state index contributed by atoms with van der Waals surface area (Å²) in [6.07, 6.45) is 8.85. The molecule has 128 valence electrons. The summed E-state index contributed by atoms with van der Waals surface area (Å²) >= 11 is 0. The first kappa shape index (κ1) is 18.3. The third kappa shape index (κ3) is 4.27. The maximum absolute atomic E-state index is 12.3. The minimum Gasteiger partial charge on any atom is -0.355 e. The molecule has 0 radical (unpaired) electrons. The van der Waals surface area contributed by atoms with Crippen LogP contribution in [0.15, 0.2) is 30.3 Å². The summed E-state index contributed by atoms with van der Waals surface area (Å²) in [5.74, 6) is 0.570. The van der Waals surface area contributed by atoms with E-state index < -0.39 is 0 Å². The second-order valence-electron chi connectivity index (χ2n) is 7.19. The van der Waals surface area contributed by atoms with Gasteiger partial charge < -0.3 is 11.1 Å². The largest absolute Gasteiger partial charge is 0.355 e. The highest BCUT2D eigenvalue weighted by molar-refractivity contribution is 5.85. The lowest BCUT2D eigenvalue weighted by Crippen LogP contribution is -2.40. The lowest BCUT2D eigenvalue weighted by atomic mass is 9.79. The third-order valence-corrected chi connectivity index (χ3v) is 5.74. The van der Waals surface area contributed by atoms with Gasteiger partial charge in [-0.3, -0.25) is 4.79 Å². The van der Waals surface area contributed by atoms with Crippen LogP contribution in [0.3, 0.4) is 0 Å². The monoisotopic (exact) mass is 336 g/mol. The lowest BCUT2D eigenvalue weighted by Gasteiger charge is -2.30. The molecule has 0 unspecified atom stereocenters. The summed E-state index contributed by atoms with van der Waals surface area (Å²) in [5.41, 5.74) is 7.61. The van der Waals surface area contributed by atoms with Gasteiger partial charge in [-0.25, -0.2) is 0 Å². The Bertz CT molecular complexity index is 499. The summed E-state index contributed by atoms with van der Waals surface area (Å²) in [7, 11) is 0. The fourth-order valence-corrected chi connectivity index (χ4v) is 4.31. The quantitative estimate of drug-likeness (QED) is 0.863. The van der Waals surface area contributed by atoms with Gasteiger partial charge in [0.15, 0.2) is 0 Å². The second kappa shape index (κ2) is 8.16. The molecule has 3 nitrogen and oxygen atoms in total. The Hall–Kier alpha value is -1.06. The van der Waals surface area contributed by atoms with E-state index in [0.717, 1.165) is 19.4 Å². The maximum atomic E-state index is 12.3. The van der Waals surface area contributed by atoms with Gasteiger partial charge in [-0.15, -0.1) is 12.4 Å². The Morgan fingerprint density at radius 2 is 1.83 bits per heavy atom. The first-order valence-electron chi connectivity index (χ1n) is 8.77. The van der Waals surface area contributed by atoms with Crippen molar-refractivity contribution in [2.45, 2.75) is 62.8 Å². The Morgan fingerprint density at radius 1 is 1.13 bits per heavy atom. The standard InChI is InChI=1S/C19H28N2O.ClH/c20-17-10-6-7-15(17)13-18(22)21-14-19(11-4-5-12-19)16-8-2-1-3-9-16;/h1-3,8-9,15,17H,4-7,10-14,20H2,(H,21,22);1H/t15-,17+;/m0./s1. The van der Waals surface area contributed by atoms with Gasteiger partial charge in [-0.05, 0) is 37.2 Å². The normalized spacial score (nSPS) is 25.8. The fraction of sp³-hybridized carbons (Fsp3) is 0.632. The molecule has 3 rings (SSSR count). The van der Waals surface area contributed by atoms with Crippen LogP contribution in [0.5, 0.6) is 0 Å². The average molecular weight is 337 g/mol. The number of hydrogen-bond donors (Lipinski definition) is 2. The average Bonchev–Trinajstić information content (AvgIpc) is 3.17. The molecule has 4 heteroatoms. The zero-order valence-corrected chi connectivity index (χ0v) is 14.6. The van der Waals surface area contributed by atoms with Crippen molar-refractivity contribution in [1.82, 2.24) is 5.32 Å². The van der Waals surface area contributed by atoms with Crippen molar-refractivity contribution >= 4 is 18.3 Å². The molecular weight excluding hydrogens is 308 g/mol. The summed E-state index contributed by atoms with van der Waals surface area (Å²) in [4.78, 5) is 12.3. The van der Waals surface area contributed by atoms with Gasteiger partial charge in [-0.2, -0.15) is 0 Å². The second-order valence-corrected chi connectivity index (χ2v) is 7.19. The molecule has 2 fully saturated rings. The molecule has 1 aromatic carbocycles. The van der Waals surface area contributed by atoms with Crippen LogP contribution in [0.25, 0.3) is 0 Å². The molecule has 0 aliphatic heterocycles. The van der Waals surface area contributed by atoms with Crippen molar-refractivity contribution in [1.29, 1.82) is 0 Å². The van der Waals surface area contributed by atoms with E-state index in [-0.39, 0.29) is 29.8 Å². The molecule has 1 amide bonds. The first-order valence-corrected chi connectivity index (χ1v) is 8.77. The van der Waals surface area contributed by atoms with E-state index in [1.165, 1.54) is 37.7 Å². The highest BCUT2D eigenvalue weighted by Crippen LogP contribution is 2.40. The maximum Gasteiger partial charge on any atom is 0.220 e. The Balaban J connectivity index is 0.00000192. The van der Waals surface area contributed by atoms with E-state index in [9.17, 15) is 4.79 Å². The fourth-order valence-electron chi connectivity index (χ4n) is 4.31. The van der Waals surface area contributed by atoms with E-state index >= 15 is 0 Å². The zero-order valence-electron chi connectivity index (χ0n) is 13.8. The van der Waals surface area contributed by atoms with E-state index in [4.69, 9.17) is 5.73 Å². The minimum absolute atomic E-state index is 0. The number of carbonyl (C=O) groups is 1. The predicted octanol–water partition coefficient (Wildman–Crippen LogP) is 3.55. The lowest BCUT2D eigenvalue weighted by molar-refractivity contribution is -0.122. The predicted molar refractivity (Wildman–Crippen MR) is 96.8 cm³/mol. The summed E-state index contributed by atoms with van der Waals surface area (Å²) < 4.78 is 0. The Kier molecular flexibility index (Phi) is 6.49. The number of hydrogen-bond acceptors (Lipinski definition) is 2. The van der Waals surface area contributed by atoms with Gasteiger partial charge >= 0.3 is 0 Å². The van der Waals surface area contributed by atoms with Crippen molar-refractivity contribution in [3.8, 4) is 0 Å². The zero-order chi connectivity index (χ0) is 15.4. The number of nitrogens with one attached hydrogen (secondary N) is 1. The van der Waals surface area contributed by atoms with Gasteiger partial charge in [0, 0.05) is 24.4 Å². The SMILES string of the molecule is Cl.N[C@@H]1CCC[C@H]1CC(=O)NCC1(c2ccccc2)CCCC1. The molecule has 3 N–H and O–H groups in total. The van der Waals surface area contributed by atoms with Crippen LogP contribution in [0.1, 0.15) is 56.9 Å². The topological polar surface area (TPSA) is 55.1 Å². The third-order valence-electron chi connectivity index (χ3n) is 5.74. The number of benzene rings is 1. The number of amides is 1. The molecule has 0 heterocycles. The molecule has 0 saturated heterocycles. The van der Waals surface area contributed by atoms with Crippen molar-refractivity contribution in [3.63, 3.8) is 0 Å². The van der Waals surface area contributed by atoms with Crippen LogP contribution >= 0.6 is 12.4 Å². The molecule has 1 aromatic rings. The molecule has 0 aromatic heterocycles. The summed E-state index contributed by atoms with van der Waals surface area (Å²) in [5, 5.41) is 3.22. The number of nitrogens with two attached hydrogens (primary N) is 1. The summed E-state index contributed by atoms with van der Waals surface area (Å²) in [6, 6.07) is 10.9. The van der Waals surface area contributed by atoms with Crippen LogP contribution < -0.4 is 11.1 Å². The van der Waals surface area contributed by atoms with Crippen LogP contribution in [-0.2, 0) is 10.2 Å². The molecule has 2 aliphatic carbocycles. The van der Waals surface area contributed by atoms with Gasteiger partial charge in [0.25, 0.3) is 0 Å². The smallest absolute Gasteiger partial charge is 0.220 e. The molecule has 2 aliphatic rings. The first-order chi connectivity index (χ1) is 10.7. The summed E-state index contributed by atoms with van der Waals surface area (Å²) in [6.45, 7) is 0.776. The van der Waals surface area contributed by atoms with Crippen LogP contribution in [0.4, 0.5) is 0 Å². The molecule has 2 atom stereocenters. The van der Waals surface area contributed by atoms with Crippen LogP contribution in [0, 0.1) is 5.92 Å². The molecule has 0 spiro atoms. The number of halogens is 1. The van der Waals surface area contributed by atoms with Gasteiger partial charge in [-0.1, -0.05) is 49.6 Å². The van der Waals surface area contributed by atoms with E-state index in [1.54, 1.807) is 0 Å². The van der Waals surface area contributed by atoms with E-state index in [1.807, 2.05) is 0 Å².